The third-order valence-electron chi connectivity index (χ3n) is 2.86. The first-order valence-corrected chi connectivity index (χ1v) is 6.50. The standard InChI is InChI=1S/C12H23BrO/c1-5-12(6-2,9-13)10-14-8-7-11(3)4/h3,5-10H2,1-2,4H3. The molecule has 0 N–H and O–H groups in total. The number of ether oxygens (including phenoxy) is 1. The Morgan fingerprint density at radius 3 is 2.29 bits per heavy atom. The van der Waals surface area contributed by atoms with Gasteiger partial charge >= 0.3 is 0 Å². The summed E-state index contributed by atoms with van der Waals surface area (Å²) in [6.45, 7) is 12.0. The van der Waals surface area contributed by atoms with Crippen LogP contribution in [-0.4, -0.2) is 18.5 Å². The fourth-order valence-corrected chi connectivity index (χ4v) is 2.17. The zero-order valence-electron chi connectivity index (χ0n) is 9.74. The molecule has 2 heteroatoms. The molecule has 0 spiro atoms. The lowest BCUT2D eigenvalue weighted by molar-refractivity contribution is 0.0535. The molecule has 0 aromatic rings. The molecule has 0 rings (SSSR count). The van der Waals surface area contributed by atoms with Gasteiger partial charge in [-0.05, 0) is 26.2 Å². The van der Waals surface area contributed by atoms with Gasteiger partial charge in [0.05, 0.1) is 13.2 Å². The Kier molecular flexibility index (Phi) is 7.56. The van der Waals surface area contributed by atoms with Crippen molar-refractivity contribution in [2.24, 2.45) is 5.41 Å². The average molecular weight is 263 g/mol. The van der Waals surface area contributed by atoms with Crippen molar-refractivity contribution in [3.05, 3.63) is 12.2 Å². The van der Waals surface area contributed by atoms with Crippen LogP contribution in [0.15, 0.2) is 12.2 Å². The molecule has 0 amide bonds. The van der Waals surface area contributed by atoms with Gasteiger partial charge in [-0.3, -0.25) is 0 Å². The Bertz CT molecular complexity index is 153. The summed E-state index contributed by atoms with van der Waals surface area (Å²) in [5.41, 5.74) is 1.53. The molecule has 0 heterocycles. The summed E-state index contributed by atoms with van der Waals surface area (Å²) in [4.78, 5) is 0. The van der Waals surface area contributed by atoms with Crippen molar-refractivity contribution in [3.63, 3.8) is 0 Å². The van der Waals surface area contributed by atoms with Crippen molar-refractivity contribution in [2.75, 3.05) is 18.5 Å². The van der Waals surface area contributed by atoms with Crippen LogP contribution in [0, 0.1) is 5.41 Å². The van der Waals surface area contributed by atoms with Gasteiger partial charge in [0.15, 0.2) is 0 Å². The Hall–Kier alpha value is 0.180. The zero-order chi connectivity index (χ0) is 11.0. The van der Waals surface area contributed by atoms with E-state index < -0.39 is 0 Å². The molecule has 0 unspecified atom stereocenters. The molecule has 0 fully saturated rings. The second-order valence-electron chi connectivity index (χ2n) is 4.10. The maximum Gasteiger partial charge on any atom is 0.0530 e. The number of hydrogen-bond acceptors (Lipinski definition) is 1. The van der Waals surface area contributed by atoms with Crippen LogP contribution in [0.4, 0.5) is 0 Å². The van der Waals surface area contributed by atoms with Gasteiger partial charge in [0.2, 0.25) is 0 Å². The number of hydrogen-bond donors (Lipinski definition) is 0. The molecular weight excluding hydrogens is 240 g/mol. The van der Waals surface area contributed by atoms with E-state index in [-0.39, 0.29) is 0 Å². The molecule has 14 heavy (non-hydrogen) atoms. The van der Waals surface area contributed by atoms with Gasteiger partial charge in [-0.2, -0.15) is 0 Å². The fourth-order valence-electron chi connectivity index (χ4n) is 1.22. The zero-order valence-corrected chi connectivity index (χ0v) is 11.3. The largest absolute Gasteiger partial charge is 0.381 e. The van der Waals surface area contributed by atoms with Crippen LogP contribution < -0.4 is 0 Å². The summed E-state index contributed by atoms with van der Waals surface area (Å²) in [7, 11) is 0. The van der Waals surface area contributed by atoms with Gasteiger partial charge in [-0.15, -0.1) is 6.58 Å². The third-order valence-corrected chi connectivity index (χ3v) is 4.05. The second-order valence-corrected chi connectivity index (χ2v) is 4.66. The van der Waals surface area contributed by atoms with Gasteiger partial charge in [0.25, 0.3) is 0 Å². The molecule has 0 aromatic heterocycles. The van der Waals surface area contributed by atoms with Crippen molar-refractivity contribution in [1.82, 2.24) is 0 Å². The summed E-state index contributed by atoms with van der Waals surface area (Å²) < 4.78 is 5.69. The normalized spacial score (nSPS) is 11.7. The molecule has 0 atom stereocenters. The topological polar surface area (TPSA) is 9.23 Å². The van der Waals surface area contributed by atoms with E-state index in [4.69, 9.17) is 4.74 Å². The van der Waals surface area contributed by atoms with E-state index in [0.717, 1.165) is 25.0 Å². The Morgan fingerprint density at radius 1 is 1.36 bits per heavy atom. The minimum absolute atomic E-state index is 0.328. The lowest BCUT2D eigenvalue weighted by atomic mass is 9.86. The number of halogens is 1. The quantitative estimate of drug-likeness (QED) is 0.363. The van der Waals surface area contributed by atoms with Crippen LogP contribution >= 0.6 is 15.9 Å². The summed E-state index contributed by atoms with van der Waals surface area (Å²) in [6.07, 6.45) is 3.31. The van der Waals surface area contributed by atoms with Crippen LogP contribution in [0.1, 0.15) is 40.0 Å². The molecular formula is C12H23BrO. The van der Waals surface area contributed by atoms with Crippen molar-refractivity contribution in [2.45, 2.75) is 40.0 Å². The van der Waals surface area contributed by atoms with E-state index >= 15 is 0 Å². The van der Waals surface area contributed by atoms with E-state index in [1.165, 1.54) is 18.4 Å². The van der Waals surface area contributed by atoms with Crippen molar-refractivity contribution in [1.29, 1.82) is 0 Å². The van der Waals surface area contributed by atoms with E-state index in [2.05, 4.69) is 36.4 Å². The molecule has 0 aromatic carbocycles. The highest BCUT2D eigenvalue weighted by Crippen LogP contribution is 2.29. The maximum atomic E-state index is 5.69. The third kappa shape index (κ3) is 5.16. The van der Waals surface area contributed by atoms with Crippen molar-refractivity contribution >= 4 is 15.9 Å². The lowest BCUT2D eigenvalue weighted by Crippen LogP contribution is -2.27. The molecule has 0 saturated heterocycles. The van der Waals surface area contributed by atoms with E-state index in [1.807, 2.05) is 6.92 Å². The molecule has 1 nitrogen and oxygen atoms in total. The second kappa shape index (κ2) is 7.47. The lowest BCUT2D eigenvalue weighted by Gasteiger charge is -2.29. The molecule has 0 aliphatic carbocycles. The molecule has 0 radical (unpaired) electrons. The molecule has 0 aliphatic rings. The van der Waals surface area contributed by atoms with Gasteiger partial charge in [0, 0.05) is 10.7 Å². The predicted octanol–water partition coefficient (Wildman–Crippen LogP) is 4.17. The van der Waals surface area contributed by atoms with Gasteiger partial charge < -0.3 is 4.74 Å². The predicted molar refractivity (Wildman–Crippen MR) is 67.1 cm³/mol. The van der Waals surface area contributed by atoms with E-state index in [9.17, 15) is 0 Å². The Balaban J connectivity index is 3.77. The minimum atomic E-state index is 0.328. The highest BCUT2D eigenvalue weighted by molar-refractivity contribution is 9.09. The minimum Gasteiger partial charge on any atom is -0.381 e. The summed E-state index contributed by atoms with van der Waals surface area (Å²) in [5.74, 6) is 0. The molecule has 0 aliphatic heterocycles. The Morgan fingerprint density at radius 2 is 1.93 bits per heavy atom. The number of rotatable bonds is 8. The smallest absolute Gasteiger partial charge is 0.0530 e. The monoisotopic (exact) mass is 262 g/mol. The van der Waals surface area contributed by atoms with Crippen molar-refractivity contribution in [3.8, 4) is 0 Å². The summed E-state index contributed by atoms with van der Waals surface area (Å²) in [5, 5.41) is 1.03. The van der Waals surface area contributed by atoms with Gasteiger partial charge in [0.1, 0.15) is 0 Å². The summed E-state index contributed by atoms with van der Waals surface area (Å²) in [6, 6.07) is 0. The first-order valence-electron chi connectivity index (χ1n) is 5.38. The van der Waals surface area contributed by atoms with Gasteiger partial charge in [-0.1, -0.05) is 35.4 Å². The van der Waals surface area contributed by atoms with E-state index in [0.29, 0.717) is 5.41 Å². The number of alkyl halides is 1. The molecule has 0 bridgehead atoms. The van der Waals surface area contributed by atoms with Crippen molar-refractivity contribution < 1.29 is 4.74 Å². The molecule has 84 valence electrons. The van der Waals surface area contributed by atoms with E-state index in [1.54, 1.807) is 0 Å². The first kappa shape index (κ1) is 14.2. The van der Waals surface area contributed by atoms with Crippen LogP contribution in [0.5, 0.6) is 0 Å². The first-order chi connectivity index (χ1) is 6.60. The highest BCUT2D eigenvalue weighted by Gasteiger charge is 2.24. The van der Waals surface area contributed by atoms with Crippen LogP contribution in [-0.2, 0) is 4.74 Å². The average Bonchev–Trinajstić information content (AvgIpc) is 2.19. The Labute approximate surface area is 97.0 Å². The highest BCUT2D eigenvalue weighted by atomic mass is 79.9. The SMILES string of the molecule is C=C(C)CCOCC(CC)(CC)CBr. The van der Waals surface area contributed by atoms with Crippen LogP contribution in [0.2, 0.25) is 0 Å². The molecule has 0 saturated carbocycles. The van der Waals surface area contributed by atoms with Gasteiger partial charge in [-0.25, -0.2) is 0 Å². The maximum absolute atomic E-state index is 5.69. The summed E-state index contributed by atoms with van der Waals surface area (Å²) >= 11 is 3.58. The fraction of sp³-hybridized carbons (Fsp3) is 0.833. The van der Waals surface area contributed by atoms with Crippen LogP contribution in [0.3, 0.4) is 0 Å². The van der Waals surface area contributed by atoms with Crippen LogP contribution in [0.25, 0.3) is 0 Å².